The molecule has 0 amide bonds. The predicted octanol–water partition coefficient (Wildman–Crippen LogP) is 3.43. The molecule has 0 bridgehead atoms. The number of nitrogens with zero attached hydrogens (tertiary/aromatic N) is 3. The van der Waals surface area contributed by atoms with Gasteiger partial charge in [0.15, 0.2) is 0 Å². The quantitative estimate of drug-likeness (QED) is 0.781. The summed E-state index contributed by atoms with van der Waals surface area (Å²) in [4.78, 5) is 0. The Bertz CT molecular complexity index is 623. The van der Waals surface area contributed by atoms with Gasteiger partial charge >= 0.3 is 0 Å². The van der Waals surface area contributed by atoms with Gasteiger partial charge in [-0.3, -0.25) is 0 Å². The number of unbranched alkanes of at least 4 members (excludes halogenated alkanes) is 1. The molecule has 1 aromatic heterocycles. The highest BCUT2D eigenvalue weighted by atomic mass is 32.2. The molecule has 24 heavy (non-hydrogen) atoms. The molecule has 3 rings (SSSR count). The van der Waals surface area contributed by atoms with Gasteiger partial charge in [-0.05, 0) is 32.1 Å². The minimum Gasteiger partial charge on any atom is -0.425 e. The Morgan fingerprint density at radius 2 is 1.71 bits per heavy atom. The van der Waals surface area contributed by atoms with Crippen LogP contribution in [0.15, 0.2) is 4.42 Å². The van der Waals surface area contributed by atoms with Crippen molar-refractivity contribution < 1.29 is 12.8 Å². The third-order valence-corrected chi connectivity index (χ3v) is 7.22. The average molecular weight is 356 g/mol. The molecule has 2 fully saturated rings. The van der Waals surface area contributed by atoms with Crippen LogP contribution in [0, 0.1) is 0 Å². The topological polar surface area (TPSA) is 76.3 Å². The normalized spacial score (nSPS) is 24.3. The second kappa shape index (κ2) is 7.95. The van der Waals surface area contributed by atoms with E-state index in [1.54, 1.807) is 4.31 Å². The van der Waals surface area contributed by atoms with Crippen LogP contribution in [0.3, 0.4) is 0 Å². The number of piperidine rings is 1. The number of rotatable bonds is 6. The monoisotopic (exact) mass is 355 g/mol. The fourth-order valence-corrected chi connectivity index (χ4v) is 5.50. The molecule has 7 heteroatoms. The first-order valence-corrected chi connectivity index (χ1v) is 11.0. The molecule has 1 aliphatic heterocycles. The van der Waals surface area contributed by atoms with Crippen LogP contribution >= 0.6 is 0 Å². The summed E-state index contributed by atoms with van der Waals surface area (Å²) in [7, 11) is -3.16. The van der Waals surface area contributed by atoms with Gasteiger partial charge in [0, 0.05) is 19.0 Å². The number of aromatic nitrogens is 2. The van der Waals surface area contributed by atoms with Gasteiger partial charge in [0.1, 0.15) is 0 Å². The van der Waals surface area contributed by atoms with Gasteiger partial charge in [-0.2, -0.15) is 0 Å². The first-order valence-electron chi connectivity index (χ1n) is 9.41. The molecule has 0 N–H and O–H groups in total. The summed E-state index contributed by atoms with van der Waals surface area (Å²) >= 11 is 0. The van der Waals surface area contributed by atoms with E-state index in [1.807, 2.05) is 6.92 Å². The lowest BCUT2D eigenvalue weighted by Gasteiger charge is -2.30. The van der Waals surface area contributed by atoms with Crippen molar-refractivity contribution in [3.63, 3.8) is 0 Å². The Hall–Kier alpha value is -0.950. The van der Waals surface area contributed by atoms with Crippen molar-refractivity contribution in [3.8, 4) is 0 Å². The highest BCUT2D eigenvalue weighted by Crippen LogP contribution is 2.34. The zero-order chi connectivity index (χ0) is 17.0. The second-order valence-corrected chi connectivity index (χ2v) is 9.27. The van der Waals surface area contributed by atoms with Crippen molar-refractivity contribution in [1.29, 1.82) is 0 Å². The highest BCUT2D eigenvalue weighted by Gasteiger charge is 2.32. The van der Waals surface area contributed by atoms with Crippen molar-refractivity contribution >= 4 is 10.0 Å². The van der Waals surface area contributed by atoms with E-state index in [2.05, 4.69) is 10.2 Å². The summed E-state index contributed by atoms with van der Waals surface area (Å²) in [5, 5.41) is 8.52. The van der Waals surface area contributed by atoms with Crippen LogP contribution in [-0.4, -0.2) is 41.8 Å². The van der Waals surface area contributed by atoms with Crippen molar-refractivity contribution in [2.24, 2.45) is 0 Å². The Labute approximate surface area is 145 Å². The molecule has 1 aromatic rings. The van der Waals surface area contributed by atoms with Gasteiger partial charge < -0.3 is 4.42 Å². The van der Waals surface area contributed by atoms with Crippen molar-refractivity contribution in [1.82, 2.24) is 14.5 Å². The van der Waals surface area contributed by atoms with Crippen molar-refractivity contribution in [2.75, 3.05) is 18.8 Å². The first-order chi connectivity index (χ1) is 11.6. The number of sulfonamides is 1. The zero-order valence-electron chi connectivity index (χ0n) is 14.6. The molecular formula is C17H29N3O3S. The molecule has 2 heterocycles. The lowest BCUT2D eigenvalue weighted by atomic mass is 9.89. The van der Waals surface area contributed by atoms with E-state index in [4.69, 9.17) is 4.42 Å². The number of hydrogen-bond acceptors (Lipinski definition) is 5. The fraction of sp³-hybridized carbons (Fsp3) is 0.882. The van der Waals surface area contributed by atoms with Gasteiger partial charge in [-0.25, -0.2) is 12.7 Å². The zero-order valence-corrected chi connectivity index (χ0v) is 15.4. The molecule has 6 nitrogen and oxygen atoms in total. The van der Waals surface area contributed by atoms with Crippen LogP contribution in [0.1, 0.15) is 88.3 Å². The van der Waals surface area contributed by atoms with E-state index in [0.717, 1.165) is 44.4 Å². The van der Waals surface area contributed by atoms with Crippen LogP contribution in [0.2, 0.25) is 0 Å². The van der Waals surface area contributed by atoms with E-state index in [1.165, 1.54) is 19.3 Å². The van der Waals surface area contributed by atoms with Crippen LogP contribution in [-0.2, 0) is 10.0 Å². The molecule has 1 saturated heterocycles. The molecule has 0 radical (unpaired) electrons. The Morgan fingerprint density at radius 1 is 1.04 bits per heavy atom. The Morgan fingerprint density at radius 3 is 2.42 bits per heavy atom. The SMILES string of the molecule is CCCCS(=O)(=O)N1CCCC(c2nnc(C3CCCCC3)o2)C1. The van der Waals surface area contributed by atoms with E-state index in [-0.39, 0.29) is 11.7 Å². The van der Waals surface area contributed by atoms with Gasteiger partial charge in [0.2, 0.25) is 21.8 Å². The summed E-state index contributed by atoms with van der Waals surface area (Å²) < 4.78 is 32.5. The molecular weight excluding hydrogens is 326 g/mol. The third-order valence-electron chi connectivity index (χ3n) is 5.29. The van der Waals surface area contributed by atoms with E-state index in [9.17, 15) is 8.42 Å². The largest absolute Gasteiger partial charge is 0.425 e. The van der Waals surface area contributed by atoms with Crippen molar-refractivity contribution in [2.45, 2.75) is 76.5 Å². The Kier molecular flexibility index (Phi) is 5.92. The predicted molar refractivity (Wildman–Crippen MR) is 92.4 cm³/mol. The molecule has 136 valence electrons. The van der Waals surface area contributed by atoms with Gasteiger partial charge in [-0.1, -0.05) is 32.6 Å². The van der Waals surface area contributed by atoms with Crippen LogP contribution in [0.5, 0.6) is 0 Å². The van der Waals surface area contributed by atoms with E-state index >= 15 is 0 Å². The maximum absolute atomic E-state index is 12.4. The first kappa shape index (κ1) is 17.9. The van der Waals surface area contributed by atoms with Gasteiger partial charge in [-0.15, -0.1) is 10.2 Å². The average Bonchev–Trinajstić information content (AvgIpc) is 3.11. The molecule has 1 unspecified atom stereocenters. The molecule has 2 aliphatic rings. The lowest BCUT2D eigenvalue weighted by molar-refractivity contribution is 0.273. The van der Waals surface area contributed by atoms with E-state index < -0.39 is 10.0 Å². The maximum atomic E-state index is 12.4. The minimum atomic E-state index is -3.16. The molecule has 0 spiro atoms. The second-order valence-electron chi connectivity index (χ2n) is 7.18. The minimum absolute atomic E-state index is 0.0417. The summed E-state index contributed by atoms with van der Waals surface area (Å²) in [6.45, 7) is 3.12. The maximum Gasteiger partial charge on any atom is 0.220 e. The third kappa shape index (κ3) is 4.17. The van der Waals surface area contributed by atoms with Gasteiger partial charge in [0.25, 0.3) is 0 Å². The molecule has 1 saturated carbocycles. The van der Waals surface area contributed by atoms with Crippen LogP contribution < -0.4 is 0 Å². The summed E-state index contributed by atoms with van der Waals surface area (Å²) in [5.74, 6) is 2.07. The molecule has 1 aliphatic carbocycles. The van der Waals surface area contributed by atoms with Gasteiger partial charge in [0.05, 0.1) is 11.7 Å². The summed E-state index contributed by atoms with van der Waals surface area (Å²) in [5.41, 5.74) is 0. The molecule has 0 aromatic carbocycles. The summed E-state index contributed by atoms with van der Waals surface area (Å²) in [6, 6.07) is 0. The lowest BCUT2D eigenvalue weighted by Crippen LogP contribution is -2.40. The highest BCUT2D eigenvalue weighted by molar-refractivity contribution is 7.89. The number of hydrogen-bond donors (Lipinski definition) is 0. The smallest absolute Gasteiger partial charge is 0.220 e. The fourth-order valence-electron chi connectivity index (χ4n) is 3.78. The Balaban J connectivity index is 1.65. The molecule has 1 atom stereocenters. The van der Waals surface area contributed by atoms with Crippen molar-refractivity contribution in [3.05, 3.63) is 11.8 Å². The van der Waals surface area contributed by atoms with Crippen LogP contribution in [0.4, 0.5) is 0 Å². The van der Waals surface area contributed by atoms with E-state index in [0.29, 0.717) is 24.9 Å². The standard InChI is InChI=1S/C17H29N3O3S/c1-2-3-12-24(21,22)20-11-7-10-15(13-20)17-19-18-16(23-17)14-8-5-4-6-9-14/h14-15H,2-13H2,1H3. The summed E-state index contributed by atoms with van der Waals surface area (Å²) in [6.07, 6.45) is 9.41. The van der Waals surface area contributed by atoms with Crippen LogP contribution in [0.25, 0.3) is 0 Å².